The molecule has 30 heavy (non-hydrogen) atoms. The van der Waals surface area contributed by atoms with Crippen LogP contribution in [0.25, 0.3) is 21.8 Å². The van der Waals surface area contributed by atoms with Crippen LogP contribution in [0, 0.1) is 0 Å². The maximum atomic E-state index is 5.97. The lowest BCUT2D eigenvalue weighted by atomic mass is 10.1. The van der Waals surface area contributed by atoms with Crippen molar-refractivity contribution in [2.45, 2.75) is 27.7 Å². The fourth-order valence-corrected chi connectivity index (χ4v) is 3.63. The maximum Gasteiger partial charge on any atom is 0.121 e. The summed E-state index contributed by atoms with van der Waals surface area (Å²) in [7, 11) is 0. The Morgan fingerprint density at radius 3 is 1.47 bits per heavy atom. The minimum Gasteiger partial charge on any atom is -0.492 e. The van der Waals surface area contributed by atoms with Crippen LogP contribution in [-0.4, -0.2) is 67.3 Å². The number of nitrogens with zero attached hydrogens (tertiary/aromatic N) is 3. The minimum atomic E-state index is 0.686. The topological polar surface area (TPSA) is 37.8 Å². The molecule has 0 radical (unpaired) electrons. The van der Waals surface area contributed by atoms with E-state index in [-0.39, 0.29) is 0 Å². The molecule has 0 spiro atoms. The molecule has 5 nitrogen and oxygen atoms in total. The van der Waals surface area contributed by atoms with E-state index >= 15 is 0 Å². The smallest absolute Gasteiger partial charge is 0.121 e. The lowest BCUT2D eigenvalue weighted by Gasteiger charge is -2.18. The molecule has 0 fully saturated rings. The van der Waals surface area contributed by atoms with Gasteiger partial charge in [-0.15, -0.1) is 0 Å². The Morgan fingerprint density at radius 1 is 0.633 bits per heavy atom. The predicted octanol–water partition coefficient (Wildman–Crippen LogP) is 4.83. The predicted molar refractivity (Wildman–Crippen MR) is 126 cm³/mol. The SMILES string of the molecule is CCN(CC)CCOc1ccc2cc3ccc(OCCN(CC)CC)cc3nc2c1. The molecule has 0 N–H and O–H groups in total. The van der Waals surface area contributed by atoms with E-state index in [0.717, 1.165) is 72.6 Å². The molecule has 0 saturated carbocycles. The Labute approximate surface area is 180 Å². The zero-order valence-corrected chi connectivity index (χ0v) is 18.9. The van der Waals surface area contributed by atoms with Crippen molar-refractivity contribution < 1.29 is 9.47 Å². The number of fused-ring (bicyclic) bond motifs is 2. The summed E-state index contributed by atoms with van der Waals surface area (Å²) in [5.41, 5.74) is 1.89. The lowest BCUT2D eigenvalue weighted by Crippen LogP contribution is -2.27. The number of rotatable bonds is 12. The van der Waals surface area contributed by atoms with Crippen LogP contribution in [-0.2, 0) is 0 Å². The van der Waals surface area contributed by atoms with Crippen molar-refractivity contribution in [3.05, 3.63) is 42.5 Å². The fourth-order valence-electron chi connectivity index (χ4n) is 3.63. The summed E-state index contributed by atoms with van der Waals surface area (Å²) >= 11 is 0. The Hall–Kier alpha value is -2.37. The largest absolute Gasteiger partial charge is 0.492 e. The van der Waals surface area contributed by atoms with Gasteiger partial charge in [0.25, 0.3) is 0 Å². The van der Waals surface area contributed by atoms with Gasteiger partial charge in [-0.2, -0.15) is 0 Å². The summed E-state index contributed by atoms with van der Waals surface area (Å²) in [5.74, 6) is 1.74. The normalized spacial score (nSPS) is 11.7. The number of aromatic nitrogens is 1. The monoisotopic (exact) mass is 409 g/mol. The van der Waals surface area contributed by atoms with Crippen LogP contribution < -0.4 is 9.47 Å². The van der Waals surface area contributed by atoms with Gasteiger partial charge >= 0.3 is 0 Å². The van der Waals surface area contributed by atoms with Crippen molar-refractivity contribution in [3.8, 4) is 11.5 Å². The van der Waals surface area contributed by atoms with Gasteiger partial charge in [-0.25, -0.2) is 4.98 Å². The van der Waals surface area contributed by atoms with Crippen molar-refractivity contribution in [3.63, 3.8) is 0 Å². The number of hydrogen-bond acceptors (Lipinski definition) is 5. The Morgan fingerprint density at radius 2 is 1.07 bits per heavy atom. The number of likely N-dealkylation sites (N-methyl/N-ethyl adjacent to an activating group) is 2. The molecule has 1 aromatic heterocycles. The van der Waals surface area contributed by atoms with Crippen molar-refractivity contribution in [2.24, 2.45) is 0 Å². The van der Waals surface area contributed by atoms with Gasteiger partial charge in [-0.05, 0) is 56.5 Å². The average Bonchev–Trinajstić information content (AvgIpc) is 2.78. The molecule has 1 heterocycles. The molecular weight excluding hydrogens is 374 g/mol. The van der Waals surface area contributed by atoms with Gasteiger partial charge in [0.05, 0.1) is 11.0 Å². The van der Waals surface area contributed by atoms with Crippen molar-refractivity contribution in [1.29, 1.82) is 0 Å². The van der Waals surface area contributed by atoms with Crippen molar-refractivity contribution >= 4 is 21.8 Å². The molecule has 0 amide bonds. The number of ether oxygens (including phenoxy) is 2. The highest BCUT2D eigenvalue weighted by Crippen LogP contribution is 2.26. The van der Waals surface area contributed by atoms with E-state index in [1.54, 1.807) is 0 Å². The molecule has 0 aliphatic carbocycles. The molecule has 0 unspecified atom stereocenters. The summed E-state index contributed by atoms with van der Waals surface area (Å²) < 4.78 is 11.9. The summed E-state index contributed by atoms with van der Waals surface area (Å²) in [4.78, 5) is 9.58. The third kappa shape index (κ3) is 5.83. The first-order valence-electron chi connectivity index (χ1n) is 11.2. The Kier molecular flexibility index (Phi) is 8.29. The van der Waals surface area contributed by atoms with Crippen LogP contribution >= 0.6 is 0 Å². The second-order valence-electron chi connectivity index (χ2n) is 7.45. The first kappa shape index (κ1) is 22.3. The van der Waals surface area contributed by atoms with E-state index in [1.165, 1.54) is 0 Å². The van der Waals surface area contributed by atoms with Gasteiger partial charge in [-0.3, -0.25) is 0 Å². The summed E-state index contributed by atoms with van der Waals surface area (Å²) in [6.45, 7) is 16.1. The van der Waals surface area contributed by atoms with Gasteiger partial charge in [-0.1, -0.05) is 27.7 Å². The van der Waals surface area contributed by atoms with E-state index < -0.39 is 0 Å². The van der Waals surface area contributed by atoms with Gasteiger partial charge < -0.3 is 19.3 Å². The first-order chi connectivity index (χ1) is 14.7. The first-order valence-corrected chi connectivity index (χ1v) is 11.2. The molecule has 0 saturated heterocycles. The molecule has 3 aromatic rings. The van der Waals surface area contributed by atoms with Gasteiger partial charge in [0, 0.05) is 36.0 Å². The zero-order valence-electron chi connectivity index (χ0n) is 18.9. The van der Waals surface area contributed by atoms with E-state index in [1.807, 2.05) is 24.3 Å². The number of pyridine rings is 1. The molecule has 0 aliphatic rings. The van der Waals surface area contributed by atoms with E-state index in [2.05, 4.69) is 55.7 Å². The second-order valence-corrected chi connectivity index (χ2v) is 7.45. The number of hydrogen-bond donors (Lipinski definition) is 0. The Balaban J connectivity index is 1.70. The molecule has 5 heteroatoms. The van der Waals surface area contributed by atoms with Crippen LogP contribution in [0.15, 0.2) is 42.5 Å². The highest BCUT2D eigenvalue weighted by atomic mass is 16.5. The molecular formula is C25H35N3O2. The summed E-state index contributed by atoms with van der Waals surface area (Å²) in [6.07, 6.45) is 0. The molecule has 0 aliphatic heterocycles. The Bertz CT molecular complexity index is 863. The summed E-state index contributed by atoms with van der Waals surface area (Å²) in [5, 5.41) is 2.24. The maximum absolute atomic E-state index is 5.97. The quantitative estimate of drug-likeness (QED) is 0.401. The minimum absolute atomic E-state index is 0.686. The lowest BCUT2D eigenvalue weighted by molar-refractivity contribution is 0.223. The average molecular weight is 410 g/mol. The molecule has 162 valence electrons. The molecule has 2 aromatic carbocycles. The number of benzene rings is 2. The van der Waals surface area contributed by atoms with E-state index in [0.29, 0.717) is 13.2 Å². The second kappa shape index (κ2) is 11.1. The standard InChI is InChI=1S/C25H35N3O2/c1-5-27(6-2)13-15-29-22-11-9-20-17-21-10-12-23(19-25(21)26-24(20)18-22)30-16-14-28(7-3)8-4/h9-12,17-19H,5-8,13-16H2,1-4H3. The third-order valence-corrected chi connectivity index (χ3v) is 5.70. The highest BCUT2D eigenvalue weighted by molar-refractivity contribution is 5.93. The molecule has 0 atom stereocenters. The van der Waals surface area contributed by atoms with Gasteiger partial charge in [0.2, 0.25) is 0 Å². The van der Waals surface area contributed by atoms with Crippen LogP contribution in [0.2, 0.25) is 0 Å². The van der Waals surface area contributed by atoms with Gasteiger partial charge in [0.15, 0.2) is 0 Å². The van der Waals surface area contributed by atoms with Crippen LogP contribution in [0.1, 0.15) is 27.7 Å². The van der Waals surface area contributed by atoms with E-state index in [9.17, 15) is 0 Å². The van der Waals surface area contributed by atoms with Crippen LogP contribution in [0.3, 0.4) is 0 Å². The van der Waals surface area contributed by atoms with Crippen LogP contribution in [0.4, 0.5) is 0 Å². The van der Waals surface area contributed by atoms with Gasteiger partial charge in [0.1, 0.15) is 24.7 Å². The van der Waals surface area contributed by atoms with Crippen molar-refractivity contribution in [1.82, 2.24) is 14.8 Å². The highest BCUT2D eigenvalue weighted by Gasteiger charge is 2.06. The fraction of sp³-hybridized carbons (Fsp3) is 0.480. The van der Waals surface area contributed by atoms with E-state index in [4.69, 9.17) is 14.5 Å². The summed E-state index contributed by atoms with van der Waals surface area (Å²) in [6, 6.07) is 14.5. The zero-order chi connectivity index (χ0) is 21.3. The molecule has 0 bridgehead atoms. The third-order valence-electron chi connectivity index (χ3n) is 5.70. The van der Waals surface area contributed by atoms with Crippen LogP contribution in [0.5, 0.6) is 11.5 Å². The van der Waals surface area contributed by atoms with Crippen molar-refractivity contribution in [2.75, 3.05) is 52.5 Å². The molecule has 3 rings (SSSR count).